The first-order valence-corrected chi connectivity index (χ1v) is 12.7. The van der Waals surface area contributed by atoms with Crippen LogP contribution in [0.4, 0.5) is 0 Å². The van der Waals surface area contributed by atoms with E-state index in [0.29, 0.717) is 18.0 Å². The number of carbonyl (C=O) groups is 2. The first-order chi connectivity index (χ1) is 16.7. The summed E-state index contributed by atoms with van der Waals surface area (Å²) in [4.78, 5) is 33.6. The van der Waals surface area contributed by atoms with Crippen molar-refractivity contribution in [3.8, 4) is 10.4 Å². The molecule has 2 amide bonds. The quantitative estimate of drug-likeness (QED) is 0.516. The van der Waals surface area contributed by atoms with E-state index in [1.165, 1.54) is 4.90 Å². The molecule has 1 aromatic carbocycles. The Morgan fingerprint density at radius 2 is 2.03 bits per heavy atom. The van der Waals surface area contributed by atoms with Crippen LogP contribution >= 0.6 is 11.3 Å². The molecule has 3 aromatic rings. The van der Waals surface area contributed by atoms with E-state index in [1.54, 1.807) is 24.3 Å². The molecule has 1 fully saturated rings. The fourth-order valence-electron chi connectivity index (χ4n) is 4.66. The summed E-state index contributed by atoms with van der Waals surface area (Å²) in [5.41, 5.74) is 6.70. The normalized spacial score (nSPS) is 18.8. The number of amides is 2. The van der Waals surface area contributed by atoms with Gasteiger partial charge in [0.2, 0.25) is 11.8 Å². The predicted molar refractivity (Wildman–Crippen MR) is 134 cm³/mol. The maximum Gasteiger partial charge on any atom is 0.243 e. The molecule has 186 valence electrons. The molecule has 0 radical (unpaired) electrons. The van der Waals surface area contributed by atoms with Crippen LogP contribution in [-0.2, 0) is 16.1 Å². The van der Waals surface area contributed by atoms with E-state index < -0.39 is 18.1 Å². The summed E-state index contributed by atoms with van der Waals surface area (Å²) >= 11 is 1.61. The van der Waals surface area contributed by atoms with Crippen LogP contribution in [0.5, 0.6) is 0 Å². The lowest BCUT2D eigenvalue weighted by molar-refractivity contribution is -0.141. The van der Waals surface area contributed by atoms with Gasteiger partial charge in [0.1, 0.15) is 17.7 Å². The summed E-state index contributed by atoms with van der Waals surface area (Å²) in [6, 6.07) is 7.17. The molecule has 3 atom stereocenters. The van der Waals surface area contributed by atoms with Crippen LogP contribution in [0.15, 0.2) is 34.3 Å². The number of aliphatic hydroxyl groups excluding tert-OH is 1. The highest BCUT2D eigenvalue weighted by molar-refractivity contribution is 7.13. The number of nitrogens with one attached hydrogen (secondary N) is 1. The Morgan fingerprint density at radius 1 is 1.26 bits per heavy atom. The van der Waals surface area contributed by atoms with E-state index in [0.717, 1.165) is 27.3 Å². The number of aliphatic hydroxyl groups is 1. The molecular weight excluding hydrogens is 464 g/mol. The maximum atomic E-state index is 13.5. The summed E-state index contributed by atoms with van der Waals surface area (Å²) in [6.45, 7) is 10.1. The molecule has 4 rings (SSSR count). The lowest BCUT2D eigenvalue weighted by Crippen LogP contribution is -2.48. The Labute approximate surface area is 209 Å². The molecule has 0 bridgehead atoms. The van der Waals surface area contributed by atoms with Crippen molar-refractivity contribution in [3.05, 3.63) is 58.1 Å². The zero-order valence-electron chi connectivity index (χ0n) is 20.7. The van der Waals surface area contributed by atoms with Gasteiger partial charge >= 0.3 is 0 Å². The fourth-order valence-corrected chi connectivity index (χ4v) is 5.47. The first kappa shape index (κ1) is 25.1. The van der Waals surface area contributed by atoms with Gasteiger partial charge in [-0.1, -0.05) is 37.2 Å². The lowest BCUT2D eigenvalue weighted by atomic mass is 9.91. The molecule has 8 nitrogen and oxygen atoms in total. The Morgan fingerprint density at radius 3 is 2.63 bits per heavy atom. The summed E-state index contributed by atoms with van der Waals surface area (Å²) < 4.78 is 5.39. The van der Waals surface area contributed by atoms with Crippen LogP contribution in [0.3, 0.4) is 0 Å². The van der Waals surface area contributed by atoms with Gasteiger partial charge in [0, 0.05) is 25.6 Å². The average molecular weight is 497 g/mol. The van der Waals surface area contributed by atoms with E-state index in [1.807, 2.05) is 45.3 Å². The Hall–Kier alpha value is -3.04. The van der Waals surface area contributed by atoms with E-state index in [4.69, 9.17) is 4.52 Å². The average Bonchev–Trinajstić information content (AvgIpc) is 3.52. The molecule has 0 unspecified atom stereocenters. The van der Waals surface area contributed by atoms with Gasteiger partial charge < -0.3 is 19.8 Å². The van der Waals surface area contributed by atoms with Gasteiger partial charge in [-0.25, -0.2) is 4.98 Å². The van der Waals surface area contributed by atoms with E-state index >= 15 is 0 Å². The Balaban J connectivity index is 1.46. The number of β-amino-alcohol motifs (C(OH)–C–C–N with tert-alkyl or cyclic N) is 1. The van der Waals surface area contributed by atoms with Crippen molar-refractivity contribution < 1.29 is 19.2 Å². The van der Waals surface area contributed by atoms with E-state index in [-0.39, 0.29) is 30.7 Å². The zero-order chi connectivity index (χ0) is 25.3. The molecule has 2 aromatic heterocycles. The number of hydrogen-bond donors (Lipinski definition) is 2. The standard InChI is InChI=1S/C26H32N4O4S/c1-14(2)23(22-9-16(4)29-34-22)26(33)30-12-20(31)10-21(30)25(32)27-11-19-7-6-18(8-15(19)3)24-17(5)28-13-35-24/h6-9,13-14,20-21,23,31H,10-12H2,1-5H3,(H,27,32)/t20-,21+,23+/m1/s1. The fraction of sp³-hybridized carbons (Fsp3) is 0.462. The van der Waals surface area contributed by atoms with E-state index in [9.17, 15) is 14.7 Å². The molecule has 1 aliphatic rings. The second-order valence-electron chi connectivity index (χ2n) is 9.61. The number of hydrogen-bond acceptors (Lipinski definition) is 7. The van der Waals surface area contributed by atoms with Crippen molar-refractivity contribution in [3.63, 3.8) is 0 Å². The molecular formula is C26H32N4O4S. The highest BCUT2D eigenvalue weighted by atomic mass is 32.1. The van der Waals surface area contributed by atoms with Crippen molar-refractivity contribution in [2.75, 3.05) is 6.54 Å². The first-order valence-electron chi connectivity index (χ1n) is 11.8. The number of aryl methyl sites for hydroxylation is 3. The van der Waals surface area contributed by atoms with Crippen LogP contribution in [0.1, 0.15) is 54.5 Å². The Bertz CT molecular complexity index is 1220. The third-order valence-electron chi connectivity index (χ3n) is 6.55. The van der Waals surface area contributed by atoms with Crippen molar-refractivity contribution in [2.24, 2.45) is 5.92 Å². The Kier molecular flexibility index (Phi) is 7.37. The van der Waals surface area contributed by atoms with Crippen LogP contribution in [-0.4, -0.2) is 50.7 Å². The van der Waals surface area contributed by atoms with Crippen molar-refractivity contribution in [1.82, 2.24) is 20.4 Å². The van der Waals surface area contributed by atoms with Gasteiger partial charge in [0.25, 0.3) is 0 Å². The largest absolute Gasteiger partial charge is 0.391 e. The van der Waals surface area contributed by atoms with Crippen LogP contribution in [0, 0.1) is 26.7 Å². The minimum atomic E-state index is -0.748. The van der Waals surface area contributed by atoms with Crippen LogP contribution in [0.2, 0.25) is 0 Å². The molecule has 1 aliphatic heterocycles. The lowest BCUT2D eigenvalue weighted by Gasteiger charge is -2.28. The number of thiazole rings is 1. The van der Waals surface area contributed by atoms with Crippen molar-refractivity contribution >= 4 is 23.2 Å². The number of likely N-dealkylation sites (tertiary alicyclic amines) is 1. The van der Waals surface area contributed by atoms with Gasteiger partial charge in [-0.05, 0) is 43.4 Å². The van der Waals surface area contributed by atoms with E-state index in [2.05, 4.69) is 21.5 Å². The summed E-state index contributed by atoms with van der Waals surface area (Å²) in [5, 5.41) is 17.2. The molecule has 0 saturated carbocycles. The summed E-state index contributed by atoms with van der Waals surface area (Å²) in [6.07, 6.45) is -0.539. The second kappa shape index (κ2) is 10.3. The number of nitrogens with zero attached hydrogens (tertiary/aromatic N) is 3. The molecule has 3 heterocycles. The van der Waals surface area contributed by atoms with Gasteiger partial charge in [-0.15, -0.1) is 11.3 Å². The number of carbonyl (C=O) groups excluding carboxylic acids is 2. The highest BCUT2D eigenvalue weighted by Crippen LogP contribution is 2.31. The highest BCUT2D eigenvalue weighted by Gasteiger charge is 2.43. The smallest absolute Gasteiger partial charge is 0.243 e. The monoisotopic (exact) mass is 496 g/mol. The molecule has 9 heteroatoms. The molecule has 35 heavy (non-hydrogen) atoms. The number of benzene rings is 1. The topological polar surface area (TPSA) is 109 Å². The van der Waals surface area contributed by atoms with Crippen molar-refractivity contribution in [2.45, 2.75) is 65.6 Å². The SMILES string of the molecule is Cc1cc([C@@H](C(=O)N2C[C@H](O)C[C@H]2C(=O)NCc2ccc(-c3scnc3C)cc2C)C(C)C)on1. The number of aromatic nitrogens is 2. The third-order valence-corrected chi connectivity index (χ3v) is 7.53. The molecule has 0 aliphatic carbocycles. The summed E-state index contributed by atoms with van der Waals surface area (Å²) in [5.74, 6) is -0.641. The second-order valence-corrected chi connectivity index (χ2v) is 10.5. The minimum Gasteiger partial charge on any atom is -0.391 e. The van der Waals surface area contributed by atoms with Crippen molar-refractivity contribution in [1.29, 1.82) is 0 Å². The van der Waals surface area contributed by atoms with Gasteiger partial charge in [0.05, 0.1) is 27.9 Å². The van der Waals surface area contributed by atoms with Gasteiger partial charge in [-0.3, -0.25) is 9.59 Å². The van der Waals surface area contributed by atoms with Gasteiger partial charge in [-0.2, -0.15) is 0 Å². The van der Waals surface area contributed by atoms with Crippen LogP contribution in [0.25, 0.3) is 10.4 Å². The third kappa shape index (κ3) is 5.31. The molecule has 1 saturated heterocycles. The number of rotatable bonds is 7. The predicted octanol–water partition coefficient (Wildman–Crippen LogP) is 3.74. The molecule has 2 N–H and O–H groups in total. The minimum absolute atomic E-state index is 0.0559. The zero-order valence-corrected chi connectivity index (χ0v) is 21.6. The molecule has 0 spiro atoms. The maximum absolute atomic E-state index is 13.5. The van der Waals surface area contributed by atoms with Crippen LogP contribution < -0.4 is 5.32 Å². The summed E-state index contributed by atoms with van der Waals surface area (Å²) in [7, 11) is 0. The van der Waals surface area contributed by atoms with Gasteiger partial charge in [0.15, 0.2) is 0 Å².